The maximum atomic E-state index is 9.43. The van der Waals surface area contributed by atoms with Crippen molar-refractivity contribution in [2.75, 3.05) is 6.61 Å². The van der Waals surface area contributed by atoms with Crippen molar-refractivity contribution in [1.29, 1.82) is 0 Å². The molecule has 0 saturated carbocycles. The first-order chi connectivity index (χ1) is 5.36. The Kier molecular flexibility index (Phi) is 8.08. The lowest BCUT2D eigenvalue weighted by atomic mass is 10.4. The first-order valence-corrected chi connectivity index (χ1v) is 2.72. The molecule has 0 aromatic rings. The molecule has 0 bridgehead atoms. The smallest absolute Gasteiger partial charge is 0.294 e. The highest BCUT2D eigenvalue weighted by Gasteiger charge is 1.96. The zero-order valence-corrected chi connectivity index (χ0v) is 6.24. The fourth-order valence-corrected chi connectivity index (χ4v) is 0.178. The van der Waals surface area contributed by atoms with Crippen LogP contribution in [0.4, 0.5) is 0 Å². The molecule has 9 heteroatoms. The molecule has 1 atom stereocenters. The topological polar surface area (TPSA) is 142 Å². The molecule has 0 aliphatic rings. The van der Waals surface area contributed by atoms with Gasteiger partial charge in [-0.2, -0.15) is 0 Å². The summed E-state index contributed by atoms with van der Waals surface area (Å²) in [4.78, 5) is 21.7. The first kappa shape index (κ1) is 13.0. The average molecular weight is 183 g/mol. The Labute approximate surface area is 66.9 Å². The Balaban J connectivity index is 0. The molecule has 1 unspecified atom stereocenters. The van der Waals surface area contributed by atoms with Gasteiger partial charge in [-0.3, -0.25) is 0 Å². The van der Waals surface area contributed by atoms with E-state index in [1.54, 1.807) is 6.92 Å². The van der Waals surface area contributed by atoms with Crippen molar-refractivity contribution in [2.24, 2.45) is 5.73 Å². The van der Waals surface area contributed by atoms with E-state index in [0.717, 1.165) is 0 Å². The summed E-state index contributed by atoms with van der Waals surface area (Å²) >= 11 is 0. The van der Waals surface area contributed by atoms with Gasteiger partial charge in [0.2, 0.25) is 0 Å². The summed E-state index contributed by atoms with van der Waals surface area (Å²) in [6.07, 6.45) is 0. The standard InChI is InChI=1S/C3H8N2O3.HNO3/c1-3(4)2-8-5(6)7;2-1(3)4/h3H,2,4H2,1H3;(H,2,3,4). The molecule has 0 aromatic heterocycles. The van der Waals surface area contributed by atoms with Crippen molar-refractivity contribution in [2.45, 2.75) is 13.0 Å². The van der Waals surface area contributed by atoms with Gasteiger partial charge in [0, 0.05) is 6.04 Å². The van der Waals surface area contributed by atoms with Gasteiger partial charge in [0.15, 0.2) is 0 Å². The average Bonchev–Trinajstić information content (AvgIpc) is 1.82. The summed E-state index contributed by atoms with van der Waals surface area (Å²) in [7, 11) is 0. The third kappa shape index (κ3) is 40.1. The molecular formula is C3H9N3O6. The Morgan fingerprint density at radius 2 is 1.92 bits per heavy atom. The lowest BCUT2D eigenvalue weighted by molar-refractivity contribution is -0.758. The Hall–Kier alpha value is -1.64. The van der Waals surface area contributed by atoms with Crippen LogP contribution in [0, 0.1) is 20.2 Å². The Bertz CT molecular complexity index is 143. The number of rotatable bonds is 3. The number of hydrogen-bond acceptors (Lipinski definition) is 6. The second-order valence-electron chi connectivity index (χ2n) is 1.73. The maximum absolute atomic E-state index is 9.43. The van der Waals surface area contributed by atoms with Crippen LogP contribution in [0.1, 0.15) is 6.92 Å². The highest BCUT2D eigenvalue weighted by molar-refractivity contribution is 4.44. The van der Waals surface area contributed by atoms with E-state index in [2.05, 4.69) is 4.84 Å². The number of nitrogens with zero attached hydrogens (tertiary/aromatic N) is 2. The first-order valence-electron chi connectivity index (χ1n) is 2.72. The Morgan fingerprint density at radius 1 is 1.58 bits per heavy atom. The predicted octanol–water partition coefficient (Wildman–Crippen LogP) is -0.806. The molecule has 0 heterocycles. The minimum absolute atomic E-state index is 0.0347. The van der Waals surface area contributed by atoms with Crippen LogP contribution < -0.4 is 5.73 Å². The van der Waals surface area contributed by atoms with Crippen LogP contribution in [0.3, 0.4) is 0 Å². The van der Waals surface area contributed by atoms with Crippen molar-refractivity contribution in [3.63, 3.8) is 0 Å². The van der Waals surface area contributed by atoms with Gasteiger partial charge in [-0.05, 0) is 6.92 Å². The van der Waals surface area contributed by atoms with Crippen molar-refractivity contribution in [3.05, 3.63) is 20.2 Å². The van der Waals surface area contributed by atoms with Crippen LogP contribution in [0.15, 0.2) is 0 Å². The number of nitrogens with two attached hydrogens (primary N) is 1. The molecule has 0 aliphatic heterocycles. The van der Waals surface area contributed by atoms with E-state index in [1.807, 2.05) is 0 Å². The van der Waals surface area contributed by atoms with E-state index in [0.29, 0.717) is 0 Å². The molecule has 3 N–H and O–H groups in total. The molecule has 0 fully saturated rings. The van der Waals surface area contributed by atoms with E-state index < -0.39 is 10.2 Å². The van der Waals surface area contributed by atoms with Gasteiger partial charge in [-0.25, -0.2) is 0 Å². The fraction of sp³-hybridized carbons (Fsp3) is 1.00. The van der Waals surface area contributed by atoms with E-state index in [-0.39, 0.29) is 12.6 Å². The van der Waals surface area contributed by atoms with Crippen LogP contribution >= 0.6 is 0 Å². The normalized spacial score (nSPS) is 10.5. The Morgan fingerprint density at radius 3 is 2.00 bits per heavy atom. The SMILES string of the molecule is CC(N)CO[N+](=O)[O-].O=[N+]([O-])O. The van der Waals surface area contributed by atoms with E-state index >= 15 is 0 Å². The highest BCUT2D eigenvalue weighted by atomic mass is 16.9. The number of hydrogen-bond donors (Lipinski definition) is 2. The molecule has 0 rings (SSSR count). The summed E-state index contributed by atoms with van der Waals surface area (Å²) in [6, 6.07) is -0.277. The van der Waals surface area contributed by atoms with Gasteiger partial charge < -0.3 is 15.8 Å². The highest BCUT2D eigenvalue weighted by Crippen LogP contribution is 1.77. The van der Waals surface area contributed by atoms with Crippen molar-refractivity contribution >= 4 is 0 Å². The molecule has 0 aromatic carbocycles. The zero-order valence-electron chi connectivity index (χ0n) is 6.24. The molecule has 0 spiro atoms. The predicted molar refractivity (Wildman–Crippen MR) is 35.4 cm³/mol. The second kappa shape index (κ2) is 7.47. The molecule has 12 heavy (non-hydrogen) atoms. The summed E-state index contributed by atoms with van der Waals surface area (Å²) in [5, 5.41) is 22.2. The fourth-order valence-electron chi connectivity index (χ4n) is 0.178. The molecule has 0 radical (unpaired) electrons. The minimum atomic E-state index is -1.50. The largest absolute Gasteiger partial charge is 0.328 e. The van der Waals surface area contributed by atoms with Crippen LogP contribution in [0.25, 0.3) is 0 Å². The lowest BCUT2D eigenvalue weighted by Crippen LogP contribution is -2.23. The third-order valence-corrected chi connectivity index (χ3v) is 0.443. The lowest BCUT2D eigenvalue weighted by Gasteiger charge is -1.99. The molecule has 0 aliphatic carbocycles. The minimum Gasteiger partial charge on any atom is -0.328 e. The van der Waals surface area contributed by atoms with E-state index in [1.165, 1.54) is 0 Å². The van der Waals surface area contributed by atoms with Crippen LogP contribution in [0.5, 0.6) is 0 Å². The van der Waals surface area contributed by atoms with Crippen molar-refractivity contribution in [1.82, 2.24) is 0 Å². The molecule has 0 saturated heterocycles. The van der Waals surface area contributed by atoms with Gasteiger partial charge in [-0.1, -0.05) is 0 Å². The van der Waals surface area contributed by atoms with Gasteiger partial charge in [0.1, 0.15) is 6.61 Å². The van der Waals surface area contributed by atoms with Crippen molar-refractivity contribution < 1.29 is 20.2 Å². The van der Waals surface area contributed by atoms with E-state index in [4.69, 9.17) is 21.1 Å². The van der Waals surface area contributed by atoms with Crippen LogP contribution in [-0.2, 0) is 4.84 Å². The monoisotopic (exact) mass is 183 g/mol. The van der Waals surface area contributed by atoms with E-state index in [9.17, 15) is 10.1 Å². The maximum Gasteiger partial charge on any atom is 0.294 e. The van der Waals surface area contributed by atoms with Crippen LogP contribution in [0.2, 0.25) is 0 Å². The third-order valence-electron chi connectivity index (χ3n) is 0.443. The van der Waals surface area contributed by atoms with Gasteiger partial charge in [0.05, 0.1) is 0 Å². The van der Waals surface area contributed by atoms with Crippen LogP contribution in [-0.4, -0.2) is 28.0 Å². The molecular weight excluding hydrogens is 174 g/mol. The van der Waals surface area contributed by atoms with Crippen molar-refractivity contribution in [3.8, 4) is 0 Å². The summed E-state index contributed by atoms with van der Waals surface area (Å²) in [5.41, 5.74) is 5.11. The summed E-state index contributed by atoms with van der Waals surface area (Å²) in [6.45, 7) is 1.59. The second-order valence-corrected chi connectivity index (χ2v) is 1.73. The van der Waals surface area contributed by atoms with Gasteiger partial charge >= 0.3 is 0 Å². The van der Waals surface area contributed by atoms with Gasteiger partial charge in [-0.15, -0.1) is 20.2 Å². The summed E-state index contributed by atoms with van der Waals surface area (Å²) < 4.78 is 0. The quantitative estimate of drug-likeness (QED) is 0.430. The molecule has 72 valence electrons. The molecule has 0 amide bonds. The zero-order chi connectivity index (χ0) is 10.1. The van der Waals surface area contributed by atoms with Gasteiger partial charge in [0.25, 0.3) is 10.2 Å². The summed E-state index contributed by atoms with van der Waals surface area (Å²) in [5.74, 6) is 0. The molecule has 9 nitrogen and oxygen atoms in total.